The highest BCUT2D eigenvalue weighted by Gasteiger charge is 2.19. The Labute approximate surface area is 316 Å². The lowest BCUT2D eigenvalue weighted by atomic mass is 9.97. The van der Waals surface area contributed by atoms with Crippen LogP contribution in [0.25, 0.3) is 88.6 Å². The molecule has 258 valence electrons. The third-order valence-electron chi connectivity index (χ3n) is 10.4. The van der Waals surface area contributed by atoms with E-state index >= 15 is 0 Å². The molecular weight excluding hydrogens is 675 g/mol. The summed E-state index contributed by atoms with van der Waals surface area (Å²) >= 11 is 0. The normalized spacial score (nSPS) is 11.6. The smallest absolute Gasteiger partial charge is 0.227 e. The van der Waals surface area contributed by atoms with Crippen LogP contribution in [0.15, 0.2) is 197 Å². The van der Waals surface area contributed by atoms with E-state index in [-0.39, 0.29) is 0 Å². The summed E-state index contributed by atoms with van der Waals surface area (Å²) in [6.45, 7) is 0. The fourth-order valence-corrected chi connectivity index (χ4v) is 7.63. The molecule has 0 amide bonds. The van der Waals surface area contributed by atoms with Gasteiger partial charge in [0.05, 0.1) is 0 Å². The number of anilines is 3. The number of aromatic nitrogens is 2. The monoisotopic (exact) mass is 705 g/mol. The third kappa shape index (κ3) is 5.58. The fraction of sp³-hybridized carbons (Fsp3) is 0. The molecule has 0 saturated carbocycles. The van der Waals surface area contributed by atoms with Crippen molar-refractivity contribution in [2.75, 3.05) is 4.90 Å². The van der Waals surface area contributed by atoms with Crippen LogP contribution in [0.4, 0.5) is 17.1 Å². The maximum atomic E-state index is 6.35. The molecule has 5 nitrogen and oxygen atoms in total. The topological polar surface area (TPSA) is 55.3 Å². The minimum Gasteiger partial charge on any atom is -0.436 e. The molecule has 0 N–H and O–H groups in total. The van der Waals surface area contributed by atoms with Crippen LogP contribution in [0.3, 0.4) is 0 Å². The van der Waals surface area contributed by atoms with E-state index in [2.05, 4.69) is 120 Å². The Hall–Kier alpha value is -7.50. The number of fused-ring (bicyclic) bond motifs is 5. The van der Waals surface area contributed by atoms with Gasteiger partial charge in [0, 0.05) is 40.3 Å². The van der Waals surface area contributed by atoms with E-state index in [1.807, 2.05) is 72.8 Å². The highest BCUT2D eigenvalue weighted by Crippen LogP contribution is 2.40. The zero-order valence-electron chi connectivity index (χ0n) is 29.6. The van der Waals surface area contributed by atoms with Crippen molar-refractivity contribution in [3.8, 4) is 34.0 Å². The minimum atomic E-state index is 0.595. The van der Waals surface area contributed by atoms with Crippen molar-refractivity contribution >= 4 is 71.6 Å². The third-order valence-corrected chi connectivity index (χ3v) is 10.4. The van der Waals surface area contributed by atoms with Crippen LogP contribution >= 0.6 is 0 Å². The Morgan fingerprint density at radius 3 is 1.31 bits per heavy atom. The maximum absolute atomic E-state index is 6.35. The van der Waals surface area contributed by atoms with E-state index in [0.717, 1.165) is 50.0 Å². The van der Waals surface area contributed by atoms with Gasteiger partial charge in [0.25, 0.3) is 0 Å². The lowest BCUT2D eigenvalue weighted by Crippen LogP contribution is -2.09. The molecule has 9 aromatic carbocycles. The molecule has 0 bridgehead atoms. The summed E-state index contributed by atoms with van der Waals surface area (Å²) in [7, 11) is 0. The predicted molar refractivity (Wildman–Crippen MR) is 225 cm³/mol. The van der Waals surface area contributed by atoms with Crippen molar-refractivity contribution in [1.29, 1.82) is 0 Å². The van der Waals surface area contributed by atoms with Gasteiger partial charge in [-0.15, -0.1) is 0 Å². The van der Waals surface area contributed by atoms with Gasteiger partial charge in [0.15, 0.2) is 11.2 Å². The molecule has 0 fully saturated rings. The molecule has 2 heterocycles. The number of hydrogen-bond acceptors (Lipinski definition) is 5. The first-order chi connectivity index (χ1) is 27.2. The molecule has 0 spiro atoms. The summed E-state index contributed by atoms with van der Waals surface area (Å²) in [4.78, 5) is 11.8. The zero-order chi connectivity index (χ0) is 36.3. The van der Waals surface area contributed by atoms with Gasteiger partial charge in [-0.05, 0) is 128 Å². The zero-order valence-corrected chi connectivity index (χ0v) is 29.6. The van der Waals surface area contributed by atoms with Crippen molar-refractivity contribution in [3.63, 3.8) is 0 Å². The second kappa shape index (κ2) is 12.6. The van der Waals surface area contributed by atoms with Crippen molar-refractivity contribution in [3.05, 3.63) is 188 Å². The molecule has 0 radical (unpaired) electrons. The average Bonchev–Trinajstić information content (AvgIpc) is 3.88. The van der Waals surface area contributed by atoms with Gasteiger partial charge in [-0.1, -0.05) is 91.0 Å². The summed E-state index contributed by atoms with van der Waals surface area (Å²) in [6, 6.07) is 65.5. The van der Waals surface area contributed by atoms with Crippen molar-refractivity contribution in [1.82, 2.24) is 9.97 Å². The van der Waals surface area contributed by atoms with Crippen LogP contribution in [0.1, 0.15) is 0 Å². The molecule has 0 atom stereocenters. The number of oxazole rings is 2. The van der Waals surface area contributed by atoms with Gasteiger partial charge >= 0.3 is 0 Å². The summed E-state index contributed by atoms with van der Waals surface area (Å²) in [5, 5.41) is 7.29. The summed E-state index contributed by atoms with van der Waals surface area (Å²) in [6.07, 6.45) is 0. The van der Waals surface area contributed by atoms with Gasteiger partial charge in [-0.2, -0.15) is 0 Å². The molecule has 11 aromatic rings. The molecule has 11 rings (SSSR count). The molecule has 55 heavy (non-hydrogen) atoms. The van der Waals surface area contributed by atoms with Crippen LogP contribution in [0.2, 0.25) is 0 Å². The Morgan fingerprint density at radius 1 is 0.309 bits per heavy atom. The van der Waals surface area contributed by atoms with Gasteiger partial charge < -0.3 is 13.7 Å². The van der Waals surface area contributed by atoms with Gasteiger partial charge in [-0.25, -0.2) is 9.97 Å². The molecule has 0 aliphatic rings. The van der Waals surface area contributed by atoms with Crippen LogP contribution in [-0.2, 0) is 0 Å². The molecule has 0 aliphatic carbocycles. The van der Waals surface area contributed by atoms with E-state index in [4.69, 9.17) is 18.8 Å². The Kier molecular flexibility index (Phi) is 7.10. The summed E-state index contributed by atoms with van der Waals surface area (Å²) in [5.74, 6) is 1.19. The fourth-order valence-electron chi connectivity index (χ4n) is 7.63. The number of benzene rings is 9. The summed E-state index contributed by atoms with van der Waals surface area (Å²) < 4.78 is 12.7. The average molecular weight is 706 g/mol. The first kappa shape index (κ1) is 31.1. The van der Waals surface area contributed by atoms with Crippen molar-refractivity contribution in [2.24, 2.45) is 0 Å². The van der Waals surface area contributed by atoms with Crippen molar-refractivity contribution < 1.29 is 8.83 Å². The first-order valence-electron chi connectivity index (χ1n) is 18.4. The number of rotatable bonds is 6. The highest BCUT2D eigenvalue weighted by molar-refractivity contribution is 6.01. The maximum Gasteiger partial charge on any atom is 0.227 e. The SMILES string of the molecule is c1ccc(-c2nc3ccc(N(c4ccc5cc(-c6ccc7cc8ccccc8cc7c6)ccc5c4)c4ccc5nc(-c6ccccc6)oc5c4)cc3o2)cc1. The molecule has 5 heteroatoms. The molecule has 0 aliphatic heterocycles. The van der Waals surface area contributed by atoms with Crippen LogP contribution in [0.5, 0.6) is 0 Å². The van der Waals surface area contributed by atoms with E-state index in [0.29, 0.717) is 22.9 Å². The largest absolute Gasteiger partial charge is 0.436 e. The van der Waals surface area contributed by atoms with Gasteiger partial charge in [-0.3, -0.25) is 0 Å². The predicted octanol–water partition coefficient (Wildman–Crippen LogP) is 13.9. The van der Waals surface area contributed by atoms with E-state index in [1.54, 1.807) is 0 Å². The second-order valence-electron chi connectivity index (χ2n) is 13.9. The van der Waals surface area contributed by atoms with E-state index < -0.39 is 0 Å². The van der Waals surface area contributed by atoms with E-state index in [9.17, 15) is 0 Å². The first-order valence-corrected chi connectivity index (χ1v) is 18.4. The Bertz CT molecular complexity index is 3100. The van der Waals surface area contributed by atoms with E-state index in [1.165, 1.54) is 32.7 Å². The van der Waals surface area contributed by atoms with Gasteiger partial charge in [0.1, 0.15) is 11.0 Å². The highest BCUT2D eigenvalue weighted by atomic mass is 16.4. The lowest BCUT2D eigenvalue weighted by molar-refractivity contribution is 0.620. The Balaban J connectivity index is 1.01. The van der Waals surface area contributed by atoms with Gasteiger partial charge in [0.2, 0.25) is 11.8 Å². The summed E-state index contributed by atoms with van der Waals surface area (Å²) in [5.41, 5.74) is 10.1. The second-order valence-corrected chi connectivity index (χ2v) is 13.9. The van der Waals surface area contributed by atoms with Crippen LogP contribution in [0, 0.1) is 0 Å². The van der Waals surface area contributed by atoms with Crippen molar-refractivity contribution in [2.45, 2.75) is 0 Å². The lowest BCUT2D eigenvalue weighted by Gasteiger charge is -2.25. The minimum absolute atomic E-state index is 0.595. The van der Waals surface area contributed by atoms with Crippen LogP contribution in [-0.4, -0.2) is 9.97 Å². The number of nitrogens with zero attached hydrogens (tertiary/aromatic N) is 3. The number of hydrogen-bond donors (Lipinski definition) is 0. The molecule has 0 unspecified atom stereocenters. The van der Waals surface area contributed by atoms with Crippen LogP contribution < -0.4 is 4.90 Å². The Morgan fingerprint density at radius 2 is 0.727 bits per heavy atom. The quantitative estimate of drug-likeness (QED) is 0.161. The standard InChI is InChI=1S/C50H31N3O2/c1-3-9-32(10-4-1)49-51-45-23-21-43(30-47(45)54-49)53(44-22-24-46-48(31-44)55-50(52-46)33-11-5-2-6-12-33)42-20-19-38-26-36(16-18-40(38)29-42)37-15-17-39-25-34-13-7-8-14-35(34)27-41(39)28-37/h1-31H. The molecule has 0 saturated heterocycles. The molecular formula is C50H31N3O2. The molecule has 2 aromatic heterocycles.